The number of likely N-dealkylation sites (tertiary alicyclic amines) is 2. The molecule has 1 aromatic rings. The molecule has 2 amide bonds. The number of hydrogen-bond donors (Lipinski definition) is 1. The molecule has 2 aliphatic heterocycles. The van der Waals surface area contributed by atoms with Crippen molar-refractivity contribution in [3.8, 4) is 0 Å². The first-order chi connectivity index (χ1) is 11.7. The average molecular weight is 333 g/mol. The van der Waals surface area contributed by atoms with E-state index in [0.717, 1.165) is 19.5 Å². The highest BCUT2D eigenvalue weighted by molar-refractivity contribution is 5.91. The maximum atomic E-state index is 12.4. The van der Waals surface area contributed by atoms with E-state index in [-0.39, 0.29) is 11.8 Å². The second kappa shape index (κ2) is 8.33. The molecule has 3 heterocycles. The molecule has 0 radical (unpaired) electrons. The minimum Gasteiger partial charge on any atom is -0.459 e. The number of hydrogen-bond acceptors (Lipinski definition) is 4. The fourth-order valence-electron chi connectivity index (χ4n) is 3.68. The Hall–Kier alpha value is -1.82. The van der Waals surface area contributed by atoms with E-state index in [2.05, 4.69) is 10.2 Å². The summed E-state index contributed by atoms with van der Waals surface area (Å²) < 4.78 is 5.04. The molecule has 6 nitrogen and oxygen atoms in total. The Morgan fingerprint density at radius 3 is 2.79 bits per heavy atom. The fourth-order valence-corrected chi connectivity index (χ4v) is 3.68. The van der Waals surface area contributed by atoms with Crippen molar-refractivity contribution in [2.45, 2.75) is 44.6 Å². The predicted molar refractivity (Wildman–Crippen MR) is 90.7 cm³/mol. The van der Waals surface area contributed by atoms with Crippen LogP contribution in [-0.2, 0) is 4.79 Å². The zero-order chi connectivity index (χ0) is 16.8. The summed E-state index contributed by atoms with van der Waals surface area (Å²) >= 11 is 0. The predicted octanol–water partition coefficient (Wildman–Crippen LogP) is 1.88. The molecule has 6 heteroatoms. The molecule has 0 saturated carbocycles. The standard InChI is InChI=1S/C18H27N3O3/c22-17(8-3-9-19-18(23)16-7-5-13-24-16)21-12-4-6-15(14-21)20-10-1-2-11-20/h5,7,13,15H,1-4,6,8-12,14H2,(H,19,23). The van der Waals surface area contributed by atoms with Crippen molar-refractivity contribution in [3.05, 3.63) is 24.2 Å². The first-order valence-electron chi connectivity index (χ1n) is 9.07. The van der Waals surface area contributed by atoms with Crippen LogP contribution in [0.4, 0.5) is 0 Å². The highest BCUT2D eigenvalue weighted by Crippen LogP contribution is 2.21. The first-order valence-corrected chi connectivity index (χ1v) is 9.07. The molecule has 1 aromatic heterocycles. The van der Waals surface area contributed by atoms with Gasteiger partial charge in [-0.3, -0.25) is 14.5 Å². The number of nitrogens with one attached hydrogen (secondary N) is 1. The molecule has 2 saturated heterocycles. The summed E-state index contributed by atoms with van der Waals surface area (Å²) in [5.41, 5.74) is 0. The summed E-state index contributed by atoms with van der Waals surface area (Å²) in [6, 6.07) is 3.86. The van der Waals surface area contributed by atoms with Gasteiger partial charge in [-0.2, -0.15) is 0 Å². The van der Waals surface area contributed by atoms with Crippen molar-refractivity contribution < 1.29 is 14.0 Å². The Kier molecular flexibility index (Phi) is 5.91. The van der Waals surface area contributed by atoms with Crippen LogP contribution in [0.2, 0.25) is 0 Å². The van der Waals surface area contributed by atoms with E-state index < -0.39 is 0 Å². The number of amides is 2. The van der Waals surface area contributed by atoms with Gasteiger partial charge in [-0.25, -0.2) is 0 Å². The molecule has 0 bridgehead atoms. The van der Waals surface area contributed by atoms with Crippen LogP contribution in [0, 0.1) is 0 Å². The highest BCUT2D eigenvalue weighted by atomic mass is 16.3. The van der Waals surface area contributed by atoms with Crippen molar-refractivity contribution in [2.75, 3.05) is 32.7 Å². The van der Waals surface area contributed by atoms with Crippen LogP contribution in [-0.4, -0.2) is 60.4 Å². The van der Waals surface area contributed by atoms with Gasteiger partial charge in [0, 0.05) is 32.1 Å². The molecular weight excluding hydrogens is 306 g/mol. The molecule has 0 spiro atoms. The summed E-state index contributed by atoms with van der Waals surface area (Å²) in [6.07, 6.45) is 7.53. The van der Waals surface area contributed by atoms with Crippen molar-refractivity contribution in [3.63, 3.8) is 0 Å². The van der Waals surface area contributed by atoms with E-state index in [0.29, 0.717) is 31.2 Å². The van der Waals surface area contributed by atoms with E-state index in [1.54, 1.807) is 12.1 Å². The summed E-state index contributed by atoms with van der Waals surface area (Å²) in [4.78, 5) is 28.7. The van der Waals surface area contributed by atoms with Gasteiger partial charge in [-0.1, -0.05) is 0 Å². The van der Waals surface area contributed by atoms with Gasteiger partial charge in [0.1, 0.15) is 0 Å². The Morgan fingerprint density at radius 2 is 2.04 bits per heavy atom. The maximum absolute atomic E-state index is 12.4. The van der Waals surface area contributed by atoms with Crippen LogP contribution in [0.1, 0.15) is 49.1 Å². The summed E-state index contributed by atoms with van der Waals surface area (Å²) in [5, 5.41) is 2.79. The third-order valence-electron chi connectivity index (χ3n) is 5.00. The molecule has 0 aromatic carbocycles. The molecule has 0 aliphatic carbocycles. The monoisotopic (exact) mass is 333 g/mol. The number of nitrogens with zero attached hydrogens (tertiary/aromatic N) is 2. The van der Waals surface area contributed by atoms with Gasteiger partial charge in [0.2, 0.25) is 5.91 Å². The van der Waals surface area contributed by atoms with Crippen LogP contribution < -0.4 is 5.32 Å². The minimum atomic E-state index is -0.223. The zero-order valence-electron chi connectivity index (χ0n) is 14.2. The van der Waals surface area contributed by atoms with Gasteiger partial charge in [-0.15, -0.1) is 0 Å². The molecular formula is C18H27N3O3. The van der Waals surface area contributed by atoms with Crippen molar-refractivity contribution in [2.24, 2.45) is 0 Å². The zero-order valence-corrected chi connectivity index (χ0v) is 14.2. The second-order valence-electron chi connectivity index (χ2n) is 6.72. The van der Waals surface area contributed by atoms with Gasteiger partial charge in [-0.05, 0) is 57.3 Å². The number of carbonyl (C=O) groups is 2. The van der Waals surface area contributed by atoms with E-state index in [1.165, 1.54) is 38.6 Å². The molecule has 1 N–H and O–H groups in total. The lowest BCUT2D eigenvalue weighted by molar-refractivity contribution is -0.133. The van der Waals surface area contributed by atoms with Crippen LogP contribution in [0.15, 0.2) is 22.8 Å². The minimum absolute atomic E-state index is 0.214. The number of furan rings is 1. The van der Waals surface area contributed by atoms with Gasteiger partial charge in [0.05, 0.1) is 6.26 Å². The van der Waals surface area contributed by atoms with Crippen molar-refractivity contribution in [1.29, 1.82) is 0 Å². The Bertz CT molecular complexity index is 538. The van der Waals surface area contributed by atoms with E-state index in [1.807, 2.05) is 4.90 Å². The van der Waals surface area contributed by atoms with Gasteiger partial charge < -0.3 is 14.6 Å². The lowest BCUT2D eigenvalue weighted by Crippen LogP contribution is -2.49. The second-order valence-corrected chi connectivity index (χ2v) is 6.72. The quantitative estimate of drug-likeness (QED) is 0.807. The van der Waals surface area contributed by atoms with Crippen LogP contribution in [0.25, 0.3) is 0 Å². The molecule has 2 aliphatic rings. The summed E-state index contributed by atoms with van der Waals surface area (Å²) in [5.74, 6) is 0.302. The lowest BCUT2D eigenvalue weighted by Gasteiger charge is -2.37. The summed E-state index contributed by atoms with van der Waals surface area (Å²) in [6.45, 7) is 4.62. The molecule has 24 heavy (non-hydrogen) atoms. The van der Waals surface area contributed by atoms with Crippen molar-refractivity contribution in [1.82, 2.24) is 15.1 Å². The Labute approximate surface area is 143 Å². The molecule has 3 rings (SSSR count). The van der Waals surface area contributed by atoms with E-state index in [4.69, 9.17) is 4.42 Å². The third-order valence-corrected chi connectivity index (χ3v) is 5.00. The number of carbonyl (C=O) groups excluding carboxylic acids is 2. The SMILES string of the molecule is O=C(NCCCC(=O)N1CCCC(N2CCCC2)C1)c1ccco1. The average Bonchev–Trinajstić information content (AvgIpc) is 3.32. The first kappa shape index (κ1) is 17.0. The topological polar surface area (TPSA) is 65.8 Å². The Balaban J connectivity index is 1.36. The fraction of sp³-hybridized carbons (Fsp3) is 0.667. The number of rotatable bonds is 6. The normalized spacial score (nSPS) is 21.8. The van der Waals surface area contributed by atoms with E-state index in [9.17, 15) is 9.59 Å². The number of piperidine rings is 1. The maximum Gasteiger partial charge on any atom is 0.286 e. The van der Waals surface area contributed by atoms with Crippen LogP contribution >= 0.6 is 0 Å². The highest BCUT2D eigenvalue weighted by Gasteiger charge is 2.28. The lowest BCUT2D eigenvalue weighted by atomic mass is 10.0. The molecule has 2 fully saturated rings. The van der Waals surface area contributed by atoms with Gasteiger partial charge >= 0.3 is 0 Å². The summed E-state index contributed by atoms with van der Waals surface area (Å²) in [7, 11) is 0. The molecule has 132 valence electrons. The Morgan fingerprint density at radius 1 is 1.21 bits per heavy atom. The smallest absolute Gasteiger partial charge is 0.286 e. The van der Waals surface area contributed by atoms with Gasteiger partial charge in [0.15, 0.2) is 5.76 Å². The van der Waals surface area contributed by atoms with Crippen LogP contribution in [0.5, 0.6) is 0 Å². The van der Waals surface area contributed by atoms with E-state index >= 15 is 0 Å². The van der Waals surface area contributed by atoms with Crippen molar-refractivity contribution >= 4 is 11.8 Å². The van der Waals surface area contributed by atoms with Crippen LogP contribution in [0.3, 0.4) is 0 Å². The third kappa shape index (κ3) is 4.38. The largest absolute Gasteiger partial charge is 0.459 e. The molecule has 1 atom stereocenters. The molecule has 1 unspecified atom stereocenters. The van der Waals surface area contributed by atoms with Gasteiger partial charge in [0.25, 0.3) is 5.91 Å².